The summed E-state index contributed by atoms with van der Waals surface area (Å²) < 4.78 is 12.4. The van der Waals surface area contributed by atoms with Crippen molar-refractivity contribution >= 4 is 56.7 Å². The Morgan fingerprint density at radius 1 is 1.02 bits per heavy atom. The Morgan fingerprint density at radius 3 is 2.63 bits per heavy atom. The smallest absolute Gasteiger partial charge is 0.175 e. The summed E-state index contributed by atoms with van der Waals surface area (Å²) in [5.74, 6) is 2.16. The average molecular weight is 648 g/mol. The van der Waals surface area contributed by atoms with Gasteiger partial charge in [0.25, 0.3) is 0 Å². The van der Waals surface area contributed by atoms with Crippen molar-refractivity contribution in [1.29, 1.82) is 0 Å². The molecular weight excluding hydrogens is 619 g/mol. The summed E-state index contributed by atoms with van der Waals surface area (Å²) in [5, 5.41) is 4.96. The van der Waals surface area contributed by atoms with Crippen molar-refractivity contribution in [3.8, 4) is 11.5 Å². The molecule has 1 N–H and O–H groups in total. The first-order valence-electron chi connectivity index (χ1n) is 13.5. The van der Waals surface area contributed by atoms with Crippen LogP contribution in [0.2, 0.25) is 10.0 Å². The molecule has 4 aromatic rings. The molecule has 0 unspecified atom stereocenters. The molecule has 1 aliphatic carbocycles. The number of aryl methyl sites for hydroxylation is 1. The number of methoxy groups -OCH3 is 1. The van der Waals surface area contributed by atoms with Crippen LogP contribution in [-0.2, 0) is 6.61 Å². The maximum Gasteiger partial charge on any atom is 0.175 e. The zero-order valence-corrected chi connectivity index (χ0v) is 25.8. The van der Waals surface area contributed by atoms with Gasteiger partial charge in [-0.15, -0.1) is 0 Å². The van der Waals surface area contributed by atoms with Crippen LogP contribution in [0.5, 0.6) is 11.5 Å². The molecule has 0 fully saturated rings. The van der Waals surface area contributed by atoms with E-state index >= 15 is 0 Å². The number of nitrogens with one attached hydrogen (secondary N) is 1. The van der Waals surface area contributed by atoms with Gasteiger partial charge in [0.1, 0.15) is 6.61 Å². The highest BCUT2D eigenvalue weighted by Gasteiger charge is 2.37. The number of fused-ring (bicyclic) bond motifs is 3. The van der Waals surface area contributed by atoms with E-state index in [1.165, 1.54) is 22.4 Å². The standard InChI is InChI=1S/C34H29BrCl2N2O2/c1-20-6-13-31-28(14-20)26-4-3-5-27(26)33(39-31)22-8-11-25(12-9-22)38-18-21-15-29(35)34(32(16-21)40-2)41-19-23-7-10-24(36)17-30(23)37/h3-4,6-18,26-27,33,39H,5,19H2,1-2H3/t26-,27-,33+/m1/s1. The molecule has 1 aliphatic heterocycles. The van der Waals surface area contributed by atoms with Crippen LogP contribution in [0, 0.1) is 12.8 Å². The number of ether oxygens (including phenoxy) is 2. The zero-order valence-electron chi connectivity index (χ0n) is 22.7. The van der Waals surface area contributed by atoms with E-state index in [0.29, 0.717) is 33.4 Å². The molecule has 0 aromatic heterocycles. The van der Waals surface area contributed by atoms with Gasteiger partial charge in [-0.1, -0.05) is 71.2 Å². The number of benzene rings is 4. The van der Waals surface area contributed by atoms with Crippen molar-refractivity contribution in [2.45, 2.75) is 31.9 Å². The van der Waals surface area contributed by atoms with Crippen LogP contribution < -0.4 is 14.8 Å². The summed E-state index contributed by atoms with van der Waals surface area (Å²) in [6.45, 7) is 2.44. The highest BCUT2D eigenvalue weighted by atomic mass is 79.9. The summed E-state index contributed by atoms with van der Waals surface area (Å²) in [7, 11) is 1.62. The molecule has 41 heavy (non-hydrogen) atoms. The van der Waals surface area contributed by atoms with Gasteiger partial charge in [-0.25, -0.2) is 0 Å². The molecule has 0 radical (unpaired) electrons. The number of allylic oxidation sites excluding steroid dienone is 2. The lowest BCUT2D eigenvalue weighted by Crippen LogP contribution is -2.29. The van der Waals surface area contributed by atoms with E-state index in [0.717, 1.165) is 27.7 Å². The molecular formula is C34H29BrCl2N2O2. The number of nitrogens with zero attached hydrogens (tertiary/aromatic N) is 1. The van der Waals surface area contributed by atoms with Gasteiger partial charge in [0.15, 0.2) is 11.5 Å². The predicted octanol–water partition coefficient (Wildman–Crippen LogP) is 10.2. The number of aliphatic imine (C=N–C) groups is 1. The second-order valence-corrected chi connectivity index (χ2v) is 12.2. The minimum Gasteiger partial charge on any atom is -0.493 e. The molecule has 6 rings (SSSR count). The maximum atomic E-state index is 6.31. The van der Waals surface area contributed by atoms with E-state index < -0.39 is 0 Å². The highest BCUT2D eigenvalue weighted by molar-refractivity contribution is 9.10. The third-order valence-electron chi connectivity index (χ3n) is 7.77. The fourth-order valence-corrected chi connectivity index (χ4v) is 6.74. The quantitative estimate of drug-likeness (QED) is 0.160. The minimum atomic E-state index is 0.263. The van der Waals surface area contributed by atoms with Crippen molar-refractivity contribution < 1.29 is 9.47 Å². The number of hydrogen-bond donors (Lipinski definition) is 1. The second kappa shape index (κ2) is 11.9. The lowest BCUT2D eigenvalue weighted by Gasteiger charge is -2.37. The molecule has 0 saturated heterocycles. The third kappa shape index (κ3) is 5.90. The number of hydrogen-bond acceptors (Lipinski definition) is 4. The molecule has 2 aliphatic rings. The molecule has 0 amide bonds. The van der Waals surface area contributed by atoms with Crippen LogP contribution >= 0.6 is 39.1 Å². The normalized spacial score (nSPS) is 19.1. The van der Waals surface area contributed by atoms with Crippen molar-refractivity contribution in [2.75, 3.05) is 12.4 Å². The van der Waals surface area contributed by atoms with Gasteiger partial charge >= 0.3 is 0 Å². The fourth-order valence-electron chi connectivity index (χ4n) is 5.70. The Balaban J connectivity index is 1.17. The van der Waals surface area contributed by atoms with Gasteiger partial charge in [0.2, 0.25) is 0 Å². The largest absolute Gasteiger partial charge is 0.493 e. The van der Waals surface area contributed by atoms with Gasteiger partial charge < -0.3 is 14.8 Å². The molecule has 4 aromatic carbocycles. The maximum absolute atomic E-state index is 6.31. The molecule has 4 nitrogen and oxygen atoms in total. The first kappa shape index (κ1) is 27.9. The molecule has 1 heterocycles. The Bertz CT molecular complexity index is 1650. The molecule has 3 atom stereocenters. The third-order valence-corrected chi connectivity index (χ3v) is 8.95. The van der Waals surface area contributed by atoms with Crippen LogP contribution in [0.3, 0.4) is 0 Å². The summed E-state index contributed by atoms with van der Waals surface area (Å²) in [5.41, 5.74) is 7.83. The summed E-state index contributed by atoms with van der Waals surface area (Å²) in [6.07, 6.45) is 7.62. The summed E-state index contributed by atoms with van der Waals surface area (Å²) in [4.78, 5) is 4.73. The topological polar surface area (TPSA) is 42.8 Å². The first-order valence-corrected chi connectivity index (χ1v) is 15.1. The van der Waals surface area contributed by atoms with Crippen molar-refractivity contribution in [3.63, 3.8) is 0 Å². The molecule has 0 spiro atoms. The van der Waals surface area contributed by atoms with Crippen molar-refractivity contribution in [1.82, 2.24) is 0 Å². The van der Waals surface area contributed by atoms with Crippen LogP contribution in [-0.4, -0.2) is 13.3 Å². The van der Waals surface area contributed by atoms with Gasteiger partial charge in [-0.2, -0.15) is 0 Å². The second-order valence-electron chi connectivity index (χ2n) is 10.5. The lowest BCUT2D eigenvalue weighted by atomic mass is 9.76. The van der Waals surface area contributed by atoms with Crippen molar-refractivity contribution in [3.05, 3.63) is 127 Å². The first-order chi connectivity index (χ1) is 19.9. The fraction of sp³-hybridized carbons (Fsp3) is 0.206. The predicted molar refractivity (Wildman–Crippen MR) is 173 cm³/mol. The Morgan fingerprint density at radius 2 is 1.85 bits per heavy atom. The van der Waals surface area contributed by atoms with Crippen LogP contribution in [0.25, 0.3) is 0 Å². The number of rotatable bonds is 7. The van der Waals surface area contributed by atoms with E-state index in [2.05, 4.69) is 82.8 Å². The SMILES string of the molecule is COc1cc(C=Nc2ccc([C@@H]3Nc4ccc(C)cc4[C@@H]4C=CC[C@H]43)cc2)cc(Br)c1OCc1ccc(Cl)cc1Cl. The Labute approximate surface area is 259 Å². The van der Waals surface area contributed by atoms with E-state index in [-0.39, 0.29) is 12.6 Å². The molecule has 0 bridgehead atoms. The van der Waals surface area contributed by atoms with E-state index in [1.54, 1.807) is 19.2 Å². The number of anilines is 1. The van der Waals surface area contributed by atoms with Gasteiger partial charge in [-0.05, 0) is 94.3 Å². The molecule has 208 valence electrons. The van der Waals surface area contributed by atoms with Crippen molar-refractivity contribution in [2.24, 2.45) is 10.9 Å². The number of halogens is 3. The Hall–Kier alpha value is -3.25. The lowest BCUT2D eigenvalue weighted by molar-refractivity contribution is 0.282. The average Bonchev–Trinajstić information content (AvgIpc) is 3.47. The zero-order chi connectivity index (χ0) is 28.5. The molecule has 0 saturated carbocycles. The van der Waals surface area contributed by atoms with Crippen LogP contribution in [0.1, 0.15) is 46.2 Å². The summed E-state index contributed by atoms with van der Waals surface area (Å²) in [6, 6.07) is 24.7. The van der Waals surface area contributed by atoms with Gasteiger partial charge in [0, 0.05) is 33.4 Å². The van der Waals surface area contributed by atoms with Gasteiger partial charge in [-0.3, -0.25) is 4.99 Å². The summed E-state index contributed by atoms with van der Waals surface area (Å²) >= 11 is 15.9. The monoisotopic (exact) mass is 646 g/mol. The Kier molecular flexibility index (Phi) is 8.12. The molecule has 7 heteroatoms. The van der Waals surface area contributed by atoms with E-state index in [9.17, 15) is 0 Å². The highest BCUT2D eigenvalue weighted by Crippen LogP contribution is 2.50. The van der Waals surface area contributed by atoms with E-state index in [4.69, 9.17) is 37.7 Å². The minimum absolute atomic E-state index is 0.263. The van der Waals surface area contributed by atoms with Crippen LogP contribution in [0.4, 0.5) is 11.4 Å². The van der Waals surface area contributed by atoms with Crippen LogP contribution in [0.15, 0.2) is 94.4 Å². The van der Waals surface area contributed by atoms with Gasteiger partial charge in [0.05, 0.1) is 23.3 Å². The van der Waals surface area contributed by atoms with E-state index in [1.807, 2.05) is 24.4 Å².